The van der Waals surface area contributed by atoms with Crippen LogP contribution < -0.4 is 5.32 Å². The first-order valence-corrected chi connectivity index (χ1v) is 7.25. The molecule has 108 valence electrons. The van der Waals surface area contributed by atoms with Crippen molar-refractivity contribution in [3.63, 3.8) is 0 Å². The third-order valence-electron chi connectivity index (χ3n) is 3.08. The predicted molar refractivity (Wildman–Crippen MR) is 80.7 cm³/mol. The lowest BCUT2D eigenvalue weighted by Gasteiger charge is -2.10. The van der Waals surface area contributed by atoms with Crippen LogP contribution in [0.1, 0.15) is 23.2 Å². The molecule has 5 nitrogen and oxygen atoms in total. The average Bonchev–Trinajstić information content (AvgIpc) is 2.85. The minimum atomic E-state index is -0.634. The summed E-state index contributed by atoms with van der Waals surface area (Å²) < 4.78 is 0.943. The minimum absolute atomic E-state index is 0.0440. The van der Waals surface area contributed by atoms with Gasteiger partial charge in [-0.3, -0.25) is 4.79 Å². The van der Waals surface area contributed by atoms with Gasteiger partial charge in [-0.1, -0.05) is 22.0 Å². The summed E-state index contributed by atoms with van der Waals surface area (Å²) in [6.45, 7) is 0.227. The van der Waals surface area contributed by atoms with Gasteiger partial charge in [0.05, 0.1) is 11.7 Å². The Bertz CT molecular complexity index is 597. The molecule has 4 N–H and O–H groups in total. The zero-order valence-corrected chi connectivity index (χ0v) is 12.5. The van der Waals surface area contributed by atoms with E-state index in [0.717, 1.165) is 15.4 Å². The fourth-order valence-electron chi connectivity index (χ4n) is 2.02. The van der Waals surface area contributed by atoms with Crippen LogP contribution in [0.15, 0.2) is 28.9 Å². The number of aromatic amines is 1. The number of H-pyrrole nitrogens is 1. The summed E-state index contributed by atoms with van der Waals surface area (Å²) in [4.78, 5) is 15.1. The van der Waals surface area contributed by atoms with E-state index in [9.17, 15) is 9.90 Å². The summed E-state index contributed by atoms with van der Waals surface area (Å²) in [5, 5.41) is 21.9. The summed E-state index contributed by atoms with van der Waals surface area (Å²) in [5.74, 6) is -0.221. The molecule has 0 saturated carbocycles. The molecule has 0 saturated heterocycles. The van der Waals surface area contributed by atoms with E-state index in [1.807, 2.05) is 18.2 Å². The summed E-state index contributed by atoms with van der Waals surface area (Å²) in [6.07, 6.45) is 2.02. The van der Waals surface area contributed by atoms with Crippen LogP contribution in [0.3, 0.4) is 0 Å². The molecule has 0 spiro atoms. The zero-order chi connectivity index (χ0) is 14.5. The van der Waals surface area contributed by atoms with Gasteiger partial charge in [0.25, 0.3) is 5.91 Å². The number of aromatic nitrogens is 1. The van der Waals surface area contributed by atoms with Gasteiger partial charge in [0.2, 0.25) is 0 Å². The Balaban J connectivity index is 2.01. The number of aliphatic hydroxyl groups excluding tert-OH is 2. The number of halogens is 1. The highest BCUT2D eigenvalue weighted by molar-refractivity contribution is 9.10. The van der Waals surface area contributed by atoms with Gasteiger partial charge in [-0.25, -0.2) is 0 Å². The first-order valence-electron chi connectivity index (χ1n) is 6.45. The van der Waals surface area contributed by atoms with E-state index in [-0.39, 0.29) is 19.1 Å². The van der Waals surface area contributed by atoms with Gasteiger partial charge in [0.1, 0.15) is 0 Å². The standard InChI is InChI=1S/C14H17BrN2O3/c15-9-3-4-11-12(8-16-13(11)6-9)14(20)17-7-10(19)2-1-5-18/h3-4,6,8,10,16,18-19H,1-2,5,7H2,(H,17,20). The Morgan fingerprint density at radius 3 is 3.00 bits per heavy atom. The van der Waals surface area contributed by atoms with Gasteiger partial charge in [-0.15, -0.1) is 0 Å². The number of carbonyl (C=O) groups excluding carboxylic acids is 1. The number of fused-ring (bicyclic) bond motifs is 1. The molecule has 0 radical (unpaired) electrons. The molecule has 1 aromatic heterocycles. The van der Waals surface area contributed by atoms with E-state index in [4.69, 9.17) is 5.11 Å². The maximum absolute atomic E-state index is 12.1. The average molecular weight is 341 g/mol. The third-order valence-corrected chi connectivity index (χ3v) is 3.58. The van der Waals surface area contributed by atoms with E-state index in [1.165, 1.54) is 0 Å². The lowest BCUT2D eigenvalue weighted by Crippen LogP contribution is -2.32. The van der Waals surface area contributed by atoms with E-state index >= 15 is 0 Å². The Kier molecular flexibility index (Phi) is 5.17. The van der Waals surface area contributed by atoms with Crippen LogP contribution in [-0.2, 0) is 0 Å². The van der Waals surface area contributed by atoms with Crippen molar-refractivity contribution in [3.05, 3.63) is 34.4 Å². The van der Waals surface area contributed by atoms with Gasteiger partial charge in [-0.2, -0.15) is 0 Å². The van der Waals surface area contributed by atoms with Crippen LogP contribution in [0.25, 0.3) is 10.9 Å². The number of nitrogens with one attached hydrogen (secondary N) is 2. The number of benzene rings is 1. The third kappa shape index (κ3) is 3.59. The summed E-state index contributed by atoms with van der Waals surface area (Å²) in [6, 6.07) is 5.65. The second-order valence-electron chi connectivity index (χ2n) is 4.62. The van der Waals surface area contributed by atoms with Crippen molar-refractivity contribution in [1.82, 2.24) is 10.3 Å². The van der Waals surface area contributed by atoms with Gasteiger partial charge >= 0.3 is 0 Å². The molecule has 2 aromatic rings. The molecule has 0 aliphatic heterocycles. The molecule has 1 amide bonds. The number of rotatable bonds is 6. The summed E-state index contributed by atoms with van der Waals surface area (Å²) >= 11 is 3.38. The molecule has 1 unspecified atom stereocenters. The monoisotopic (exact) mass is 340 g/mol. The Labute approximate surface area is 125 Å². The van der Waals surface area contributed by atoms with Crippen LogP contribution in [0.4, 0.5) is 0 Å². The largest absolute Gasteiger partial charge is 0.396 e. The first-order chi connectivity index (χ1) is 9.61. The van der Waals surface area contributed by atoms with Crippen molar-refractivity contribution in [2.24, 2.45) is 0 Å². The maximum atomic E-state index is 12.1. The van der Waals surface area contributed by atoms with Crippen molar-refractivity contribution in [1.29, 1.82) is 0 Å². The fourth-order valence-corrected chi connectivity index (χ4v) is 2.38. The van der Waals surface area contributed by atoms with Gasteiger partial charge in [-0.05, 0) is 25.0 Å². The topological polar surface area (TPSA) is 85.3 Å². The van der Waals surface area contributed by atoms with E-state index in [0.29, 0.717) is 18.4 Å². The fraction of sp³-hybridized carbons (Fsp3) is 0.357. The van der Waals surface area contributed by atoms with Crippen molar-refractivity contribution < 1.29 is 15.0 Å². The molecule has 1 aromatic carbocycles. The smallest absolute Gasteiger partial charge is 0.253 e. The molecule has 20 heavy (non-hydrogen) atoms. The Hall–Kier alpha value is -1.37. The molecule has 2 rings (SSSR count). The first kappa shape index (κ1) is 15.0. The quantitative estimate of drug-likeness (QED) is 0.646. The van der Waals surface area contributed by atoms with E-state index < -0.39 is 6.10 Å². The second-order valence-corrected chi connectivity index (χ2v) is 5.54. The van der Waals surface area contributed by atoms with Crippen LogP contribution in [-0.4, -0.2) is 40.4 Å². The number of amides is 1. The minimum Gasteiger partial charge on any atom is -0.396 e. The molecular formula is C14H17BrN2O3. The lowest BCUT2D eigenvalue weighted by atomic mass is 10.1. The maximum Gasteiger partial charge on any atom is 0.253 e. The number of aliphatic hydroxyl groups is 2. The highest BCUT2D eigenvalue weighted by Crippen LogP contribution is 2.22. The molecule has 6 heteroatoms. The van der Waals surface area contributed by atoms with Crippen molar-refractivity contribution in [2.75, 3.05) is 13.2 Å². The molecule has 0 fully saturated rings. The van der Waals surface area contributed by atoms with Gasteiger partial charge in [0.15, 0.2) is 0 Å². The van der Waals surface area contributed by atoms with Gasteiger partial charge < -0.3 is 20.5 Å². The molecule has 1 heterocycles. The lowest BCUT2D eigenvalue weighted by molar-refractivity contribution is 0.0906. The summed E-state index contributed by atoms with van der Waals surface area (Å²) in [5.41, 5.74) is 1.44. The highest BCUT2D eigenvalue weighted by atomic mass is 79.9. The SMILES string of the molecule is O=C(NCC(O)CCCO)c1c[nH]c2cc(Br)ccc12. The van der Waals surface area contributed by atoms with Crippen LogP contribution in [0, 0.1) is 0 Å². The summed E-state index contributed by atoms with van der Waals surface area (Å²) in [7, 11) is 0. The van der Waals surface area contributed by atoms with Crippen molar-refractivity contribution >= 4 is 32.7 Å². The van der Waals surface area contributed by atoms with Crippen LogP contribution in [0.5, 0.6) is 0 Å². The molecule has 1 atom stereocenters. The molecule has 0 aliphatic carbocycles. The van der Waals surface area contributed by atoms with Gasteiger partial charge in [0, 0.05) is 34.7 Å². The van der Waals surface area contributed by atoms with E-state index in [1.54, 1.807) is 6.20 Å². The number of hydrogen-bond donors (Lipinski definition) is 4. The molecule has 0 aliphatic rings. The van der Waals surface area contributed by atoms with Crippen molar-refractivity contribution in [2.45, 2.75) is 18.9 Å². The van der Waals surface area contributed by atoms with Crippen LogP contribution in [0.2, 0.25) is 0 Å². The molecule has 0 bridgehead atoms. The highest BCUT2D eigenvalue weighted by Gasteiger charge is 2.13. The predicted octanol–water partition coefficient (Wildman–Crippen LogP) is 1.79. The van der Waals surface area contributed by atoms with Crippen molar-refractivity contribution in [3.8, 4) is 0 Å². The zero-order valence-electron chi connectivity index (χ0n) is 10.9. The number of hydrogen-bond acceptors (Lipinski definition) is 3. The van der Waals surface area contributed by atoms with E-state index in [2.05, 4.69) is 26.2 Å². The molecular weight excluding hydrogens is 324 g/mol. The Morgan fingerprint density at radius 1 is 1.45 bits per heavy atom. The Morgan fingerprint density at radius 2 is 2.25 bits per heavy atom. The normalized spacial score (nSPS) is 12.6. The second kappa shape index (κ2) is 6.88. The number of carbonyl (C=O) groups is 1. The van der Waals surface area contributed by atoms with Crippen LogP contribution >= 0.6 is 15.9 Å².